The first kappa shape index (κ1) is 9.59. The molecule has 0 atom stereocenters. The average molecular weight is 229 g/mol. The van der Waals surface area contributed by atoms with Crippen LogP contribution in [0.3, 0.4) is 0 Å². The summed E-state index contributed by atoms with van der Waals surface area (Å²) in [5.41, 5.74) is 1.59. The minimum absolute atomic E-state index is 0.0338. The molecule has 0 radical (unpaired) electrons. The molecule has 17 heavy (non-hydrogen) atoms. The van der Waals surface area contributed by atoms with Gasteiger partial charge >= 0.3 is 5.97 Å². The molecule has 0 aliphatic heterocycles. The van der Waals surface area contributed by atoms with Gasteiger partial charge in [-0.3, -0.25) is 4.40 Å². The fourth-order valence-corrected chi connectivity index (χ4v) is 1.64. The lowest BCUT2D eigenvalue weighted by Crippen LogP contribution is -1.95. The van der Waals surface area contributed by atoms with Crippen LogP contribution in [-0.4, -0.2) is 25.4 Å². The highest BCUT2D eigenvalue weighted by atomic mass is 16.4. The smallest absolute Gasteiger partial charge is 0.356 e. The number of rotatable bonds is 2. The van der Waals surface area contributed by atoms with Crippen molar-refractivity contribution in [2.75, 3.05) is 0 Å². The zero-order chi connectivity index (χ0) is 11.8. The van der Waals surface area contributed by atoms with E-state index in [9.17, 15) is 4.79 Å². The molecule has 0 amide bonds. The van der Waals surface area contributed by atoms with Crippen molar-refractivity contribution in [1.29, 1.82) is 0 Å². The molecule has 0 unspecified atom stereocenters. The van der Waals surface area contributed by atoms with E-state index in [1.165, 1.54) is 6.20 Å². The van der Waals surface area contributed by atoms with Crippen molar-refractivity contribution in [3.63, 3.8) is 0 Å². The third-order valence-electron chi connectivity index (χ3n) is 2.41. The summed E-state index contributed by atoms with van der Waals surface area (Å²) >= 11 is 0. The Morgan fingerprint density at radius 1 is 1.41 bits per heavy atom. The number of hydrogen-bond acceptors (Lipinski definition) is 4. The first-order chi connectivity index (χ1) is 8.25. The Morgan fingerprint density at radius 2 is 2.29 bits per heavy atom. The second kappa shape index (κ2) is 3.44. The van der Waals surface area contributed by atoms with Gasteiger partial charge in [0.05, 0.1) is 18.2 Å². The van der Waals surface area contributed by atoms with Crippen LogP contribution in [-0.2, 0) is 0 Å². The Hall–Kier alpha value is -2.63. The van der Waals surface area contributed by atoms with E-state index in [2.05, 4.69) is 9.97 Å². The maximum Gasteiger partial charge on any atom is 0.356 e. The number of aromatic carboxylic acids is 1. The Balaban J connectivity index is 2.29. The minimum atomic E-state index is -1.08. The van der Waals surface area contributed by atoms with Crippen molar-refractivity contribution in [3.8, 4) is 11.3 Å². The molecule has 0 bridgehead atoms. The number of carboxylic acid groups (broad SMARTS) is 1. The average Bonchev–Trinajstić information content (AvgIpc) is 2.97. The van der Waals surface area contributed by atoms with Crippen molar-refractivity contribution in [1.82, 2.24) is 14.4 Å². The SMILES string of the molecule is O=C(O)c1cn2c(-c3ccoc3)ccnc2n1. The van der Waals surface area contributed by atoms with Crippen LogP contribution in [0.15, 0.2) is 41.5 Å². The molecular formula is C11H7N3O3. The van der Waals surface area contributed by atoms with E-state index in [-0.39, 0.29) is 5.69 Å². The first-order valence-corrected chi connectivity index (χ1v) is 4.85. The van der Waals surface area contributed by atoms with E-state index < -0.39 is 5.97 Å². The van der Waals surface area contributed by atoms with Gasteiger partial charge in [0.15, 0.2) is 5.69 Å². The molecule has 6 heteroatoms. The third kappa shape index (κ3) is 1.46. The highest BCUT2D eigenvalue weighted by Gasteiger charge is 2.12. The lowest BCUT2D eigenvalue weighted by Gasteiger charge is -2.00. The number of furan rings is 1. The van der Waals surface area contributed by atoms with Crippen LogP contribution in [0.25, 0.3) is 17.0 Å². The van der Waals surface area contributed by atoms with Gasteiger partial charge in [0.25, 0.3) is 0 Å². The lowest BCUT2D eigenvalue weighted by molar-refractivity contribution is 0.0691. The highest BCUT2D eigenvalue weighted by molar-refractivity contribution is 5.86. The zero-order valence-electron chi connectivity index (χ0n) is 8.57. The second-order valence-corrected chi connectivity index (χ2v) is 3.44. The molecule has 0 fully saturated rings. The number of carboxylic acids is 1. The Labute approximate surface area is 95.2 Å². The van der Waals surface area contributed by atoms with Gasteiger partial charge in [-0.1, -0.05) is 0 Å². The van der Waals surface area contributed by atoms with Crippen molar-refractivity contribution in [2.24, 2.45) is 0 Å². The molecular weight excluding hydrogens is 222 g/mol. The van der Waals surface area contributed by atoms with Crippen molar-refractivity contribution in [3.05, 3.63) is 42.7 Å². The maximum atomic E-state index is 10.8. The van der Waals surface area contributed by atoms with Crippen LogP contribution < -0.4 is 0 Å². The maximum absolute atomic E-state index is 10.8. The van der Waals surface area contributed by atoms with Crippen LogP contribution in [0.2, 0.25) is 0 Å². The fraction of sp³-hybridized carbons (Fsp3) is 0. The quantitative estimate of drug-likeness (QED) is 0.723. The molecule has 0 saturated heterocycles. The van der Waals surface area contributed by atoms with Gasteiger partial charge < -0.3 is 9.52 Å². The summed E-state index contributed by atoms with van der Waals surface area (Å²) < 4.78 is 6.62. The number of imidazole rings is 1. The van der Waals surface area contributed by atoms with Crippen molar-refractivity contribution in [2.45, 2.75) is 0 Å². The molecule has 0 aliphatic rings. The number of nitrogens with zero attached hydrogens (tertiary/aromatic N) is 3. The number of carbonyl (C=O) groups is 1. The molecule has 3 aromatic rings. The number of aromatic nitrogens is 3. The van der Waals surface area contributed by atoms with Crippen LogP contribution in [0, 0.1) is 0 Å². The van der Waals surface area contributed by atoms with E-state index in [4.69, 9.17) is 9.52 Å². The molecule has 6 nitrogen and oxygen atoms in total. The van der Waals surface area contributed by atoms with Crippen molar-refractivity contribution < 1.29 is 14.3 Å². The summed E-state index contributed by atoms with van der Waals surface area (Å²) in [7, 11) is 0. The molecule has 0 spiro atoms. The van der Waals surface area contributed by atoms with Crippen LogP contribution in [0.4, 0.5) is 0 Å². The Kier molecular flexibility index (Phi) is 1.94. The summed E-state index contributed by atoms with van der Waals surface area (Å²) in [6.07, 6.45) is 6.15. The summed E-state index contributed by atoms with van der Waals surface area (Å²) in [6, 6.07) is 3.56. The largest absolute Gasteiger partial charge is 0.476 e. The van der Waals surface area contributed by atoms with Crippen LogP contribution in [0.1, 0.15) is 10.5 Å². The monoisotopic (exact) mass is 229 g/mol. The molecule has 84 valence electrons. The van der Waals surface area contributed by atoms with E-state index in [0.717, 1.165) is 11.3 Å². The van der Waals surface area contributed by atoms with Crippen molar-refractivity contribution >= 4 is 11.7 Å². The highest BCUT2D eigenvalue weighted by Crippen LogP contribution is 2.20. The van der Waals surface area contributed by atoms with E-state index in [1.54, 1.807) is 35.3 Å². The molecule has 3 rings (SSSR count). The summed E-state index contributed by atoms with van der Waals surface area (Å²) in [6.45, 7) is 0. The normalized spacial score (nSPS) is 10.8. The van der Waals surface area contributed by atoms with E-state index in [0.29, 0.717) is 5.78 Å². The predicted molar refractivity (Wildman–Crippen MR) is 57.6 cm³/mol. The predicted octanol–water partition coefficient (Wildman–Crippen LogP) is 1.69. The van der Waals surface area contributed by atoms with Crippen LogP contribution in [0.5, 0.6) is 0 Å². The molecule has 0 aliphatic carbocycles. The van der Waals surface area contributed by atoms with Gasteiger partial charge in [0, 0.05) is 18.0 Å². The summed E-state index contributed by atoms with van der Waals surface area (Å²) in [4.78, 5) is 18.8. The van der Waals surface area contributed by atoms with Gasteiger partial charge in [-0.05, 0) is 12.1 Å². The van der Waals surface area contributed by atoms with Gasteiger partial charge in [0.1, 0.15) is 0 Å². The molecule has 0 aromatic carbocycles. The molecule has 3 heterocycles. The number of hydrogen-bond donors (Lipinski definition) is 1. The summed E-state index contributed by atoms with van der Waals surface area (Å²) in [5, 5.41) is 8.89. The minimum Gasteiger partial charge on any atom is -0.476 e. The zero-order valence-corrected chi connectivity index (χ0v) is 8.57. The first-order valence-electron chi connectivity index (χ1n) is 4.85. The van der Waals surface area contributed by atoms with Gasteiger partial charge in [-0.25, -0.2) is 14.8 Å². The topological polar surface area (TPSA) is 80.6 Å². The van der Waals surface area contributed by atoms with Gasteiger partial charge in [-0.15, -0.1) is 0 Å². The third-order valence-corrected chi connectivity index (χ3v) is 2.41. The van der Waals surface area contributed by atoms with E-state index >= 15 is 0 Å². The fourth-order valence-electron chi connectivity index (χ4n) is 1.64. The Bertz CT molecular complexity index is 685. The lowest BCUT2D eigenvalue weighted by atomic mass is 10.2. The van der Waals surface area contributed by atoms with Gasteiger partial charge in [0.2, 0.25) is 5.78 Å². The van der Waals surface area contributed by atoms with Crippen LogP contribution >= 0.6 is 0 Å². The standard InChI is InChI=1S/C11H7N3O3/c15-10(16)8-5-14-9(7-2-4-17-6-7)1-3-12-11(14)13-8/h1-6H,(H,15,16). The van der Waals surface area contributed by atoms with Gasteiger partial charge in [-0.2, -0.15) is 0 Å². The molecule has 1 N–H and O–H groups in total. The van der Waals surface area contributed by atoms with E-state index in [1.807, 2.05) is 0 Å². The number of fused-ring (bicyclic) bond motifs is 1. The molecule has 0 saturated carbocycles. The Morgan fingerprint density at radius 3 is 3.00 bits per heavy atom. The summed E-state index contributed by atoms with van der Waals surface area (Å²) in [5.74, 6) is -0.727. The molecule has 3 aromatic heterocycles. The second-order valence-electron chi connectivity index (χ2n) is 3.44.